The third-order valence-corrected chi connectivity index (χ3v) is 6.30. The molecule has 10 heteroatoms. The van der Waals surface area contributed by atoms with E-state index in [1.807, 2.05) is 12.1 Å². The number of halogens is 4. The standard InChI is InChI=1S/C22H28ClN3O.C2HF3O2/c23-17-7-5-16(6-8-17)15-26-11-9-18(10-12-26)25-21-4-2-1-3-19(21)20-13-24-14-22(20)27;3-2(4,5)1(6)7/h1-8,18,20,22,24-25,27H,9-15H2;(H,6,7)/t20-,22+;/m1./s1. The number of nitrogens with one attached hydrogen (secondary N) is 2. The summed E-state index contributed by atoms with van der Waals surface area (Å²) in [5.41, 5.74) is 3.74. The van der Waals surface area contributed by atoms with Gasteiger partial charge < -0.3 is 20.8 Å². The SMILES string of the molecule is O=C(O)C(F)(F)F.O[C@H]1CNC[C@@H]1c1ccccc1NC1CCN(Cc2ccc(Cl)cc2)CC1. The van der Waals surface area contributed by atoms with Gasteiger partial charge in [-0.3, -0.25) is 4.90 Å². The Balaban J connectivity index is 0.000000406. The van der Waals surface area contributed by atoms with E-state index in [0.29, 0.717) is 12.6 Å². The van der Waals surface area contributed by atoms with Crippen LogP contribution in [0.1, 0.15) is 29.9 Å². The summed E-state index contributed by atoms with van der Waals surface area (Å²) in [6, 6.07) is 17.1. The lowest BCUT2D eigenvalue weighted by molar-refractivity contribution is -0.192. The summed E-state index contributed by atoms with van der Waals surface area (Å²) in [6.45, 7) is 4.70. The first-order valence-corrected chi connectivity index (χ1v) is 11.5. The molecule has 0 aromatic heterocycles. The van der Waals surface area contributed by atoms with Crippen LogP contribution in [0.25, 0.3) is 0 Å². The second-order valence-corrected chi connectivity index (χ2v) is 8.98. The number of aliphatic carboxylic acids is 1. The van der Waals surface area contributed by atoms with E-state index in [9.17, 15) is 18.3 Å². The fraction of sp³-hybridized carbons (Fsp3) is 0.458. The van der Waals surface area contributed by atoms with E-state index >= 15 is 0 Å². The van der Waals surface area contributed by atoms with Crippen molar-refractivity contribution in [2.75, 3.05) is 31.5 Å². The van der Waals surface area contributed by atoms with Crippen molar-refractivity contribution in [1.82, 2.24) is 10.2 Å². The smallest absolute Gasteiger partial charge is 0.475 e. The number of aliphatic hydroxyl groups excluding tert-OH is 1. The van der Waals surface area contributed by atoms with Gasteiger partial charge in [0.1, 0.15) is 0 Å². The molecule has 2 aromatic carbocycles. The first-order valence-electron chi connectivity index (χ1n) is 11.1. The first-order chi connectivity index (χ1) is 16.1. The molecule has 6 nitrogen and oxygen atoms in total. The highest BCUT2D eigenvalue weighted by molar-refractivity contribution is 6.30. The molecule has 2 atom stereocenters. The second-order valence-electron chi connectivity index (χ2n) is 8.54. The maximum Gasteiger partial charge on any atom is 0.490 e. The van der Waals surface area contributed by atoms with Crippen molar-refractivity contribution in [3.8, 4) is 0 Å². The molecule has 0 radical (unpaired) electrons. The van der Waals surface area contributed by atoms with Crippen LogP contribution in [0.5, 0.6) is 0 Å². The van der Waals surface area contributed by atoms with Crippen molar-refractivity contribution < 1.29 is 28.2 Å². The summed E-state index contributed by atoms with van der Waals surface area (Å²) in [7, 11) is 0. The summed E-state index contributed by atoms with van der Waals surface area (Å²) in [6.07, 6.45) is -3.12. The Morgan fingerprint density at radius 3 is 2.26 bits per heavy atom. The Morgan fingerprint density at radius 1 is 1.09 bits per heavy atom. The van der Waals surface area contributed by atoms with Gasteiger partial charge in [0.25, 0.3) is 0 Å². The molecule has 2 aromatic rings. The average molecular weight is 500 g/mol. The molecule has 0 bridgehead atoms. The fourth-order valence-corrected chi connectivity index (χ4v) is 4.36. The normalized spacial score (nSPS) is 21.6. The van der Waals surface area contributed by atoms with Crippen molar-refractivity contribution in [1.29, 1.82) is 0 Å². The lowest BCUT2D eigenvalue weighted by atomic mass is 9.93. The topological polar surface area (TPSA) is 84.8 Å². The number of aliphatic hydroxyl groups is 1. The molecule has 4 N–H and O–H groups in total. The van der Waals surface area contributed by atoms with E-state index in [4.69, 9.17) is 21.5 Å². The number of carbonyl (C=O) groups is 1. The molecule has 0 amide bonds. The average Bonchev–Trinajstić information content (AvgIpc) is 3.22. The number of β-amino-alcohol motifs (C(OH)–C–C–N with tert-alkyl or cyclic N) is 1. The molecule has 2 heterocycles. The number of rotatable bonds is 5. The molecule has 34 heavy (non-hydrogen) atoms. The molecule has 0 unspecified atom stereocenters. The maximum atomic E-state index is 10.6. The molecular weight excluding hydrogens is 471 g/mol. The monoisotopic (exact) mass is 499 g/mol. The summed E-state index contributed by atoms with van der Waals surface area (Å²) in [5, 5.41) is 25.2. The van der Waals surface area contributed by atoms with Gasteiger partial charge >= 0.3 is 12.1 Å². The van der Waals surface area contributed by atoms with Crippen molar-refractivity contribution >= 4 is 23.3 Å². The quantitative estimate of drug-likeness (QED) is 0.496. The minimum atomic E-state index is -5.08. The van der Waals surface area contributed by atoms with E-state index in [-0.39, 0.29) is 12.0 Å². The Hall–Kier alpha value is -2.33. The minimum Gasteiger partial charge on any atom is -0.475 e. The van der Waals surface area contributed by atoms with Crippen molar-refractivity contribution in [2.24, 2.45) is 0 Å². The number of nitrogens with zero attached hydrogens (tertiary/aromatic N) is 1. The molecule has 4 rings (SSSR count). The van der Waals surface area contributed by atoms with Gasteiger partial charge in [-0.1, -0.05) is 41.9 Å². The van der Waals surface area contributed by atoms with Gasteiger partial charge in [0.05, 0.1) is 6.10 Å². The maximum absolute atomic E-state index is 10.6. The van der Waals surface area contributed by atoms with Crippen LogP contribution in [0.4, 0.5) is 18.9 Å². The summed E-state index contributed by atoms with van der Waals surface area (Å²) in [5.74, 6) is -2.58. The van der Waals surface area contributed by atoms with E-state index in [1.165, 1.54) is 16.8 Å². The van der Waals surface area contributed by atoms with Crippen molar-refractivity contribution in [3.63, 3.8) is 0 Å². The lowest BCUT2D eigenvalue weighted by Crippen LogP contribution is -2.38. The van der Waals surface area contributed by atoms with Crippen LogP contribution in [-0.2, 0) is 11.3 Å². The number of hydrogen-bond acceptors (Lipinski definition) is 5. The summed E-state index contributed by atoms with van der Waals surface area (Å²) >= 11 is 5.98. The molecule has 2 aliphatic rings. The summed E-state index contributed by atoms with van der Waals surface area (Å²) < 4.78 is 31.7. The predicted molar refractivity (Wildman–Crippen MR) is 125 cm³/mol. The van der Waals surface area contributed by atoms with E-state index in [0.717, 1.165) is 44.0 Å². The van der Waals surface area contributed by atoms with Crippen LogP contribution < -0.4 is 10.6 Å². The van der Waals surface area contributed by atoms with Gasteiger partial charge in [-0.15, -0.1) is 0 Å². The number of likely N-dealkylation sites (tertiary alicyclic amines) is 1. The molecule has 0 saturated carbocycles. The number of hydrogen-bond donors (Lipinski definition) is 4. The van der Waals surface area contributed by atoms with E-state index < -0.39 is 12.1 Å². The number of benzene rings is 2. The van der Waals surface area contributed by atoms with Crippen LogP contribution in [0.2, 0.25) is 5.02 Å². The number of carboxylic acid groups (broad SMARTS) is 1. The Morgan fingerprint density at radius 2 is 1.71 bits per heavy atom. The third kappa shape index (κ3) is 7.59. The van der Waals surface area contributed by atoms with E-state index in [1.54, 1.807) is 0 Å². The number of para-hydroxylation sites is 1. The van der Waals surface area contributed by atoms with Crippen molar-refractivity contribution in [2.45, 2.75) is 43.6 Å². The van der Waals surface area contributed by atoms with Gasteiger partial charge in [-0.25, -0.2) is 4.79 Å². The number of anilines is 1. The van der Waals surface area contributed by atoms with Gasteiger partial charge in [0, 0.05) is 55.4 Å². The highest BCUT2D eigenvalue weighted by atomic mass is 35.5. The van der Waals surface area contributed by atoms with Gasteiger partial charge in [0.15, 0.2) is 0 Å². The van der Waals surface area contributed by atoms with Crippen LogP contribution in [-0.4, -0.2) is 65.6 Å². The molecule has 186 valence electrons. The van der Waals surface area contributed by atoms with Gasteiger partial charge in [0.2, 0.25) is 0 Å². The Kier molecular flexibility index (Phi) is 9.18. The molecule has 0 aliphatic carbocycles. The van der Waals surface area contributed by atoms with Crippen LogP contribution in [0.3, 0.4) is 0 Å². The van der Waals surface area contributed by atoms with E-state index in [2.05, 4.69) is 51.9 Å². The number of piperidine rings is 1. The van der Waals surface area contributed by atoms with Gasteiger partial charge in [-0.05, 0) is 42.2 Å². The third-order valence-electron chi connectivity index (χ3n) is 6.05. The number of carboxylic acids is 1. The lowest BCUT2D eigenvalue weighted by Gasteiger charge is -2.33. The minimum absolute atomic E-state index is 0.179. The van der Waals surface area contributed by atoms with Gasteiger partial charge in [-0.2, -0.15) is 13.2 Å². The van der Waals surface area contributed by atoms with Crippen LogP contribution >= 0.6 is 11.6 Å². The molecule has 2 saturated heterocycles. The zero-order valence-electron chi connectivity index (χ0n) is 18.6. The fourth-order valence-electron chi connectivity index (χ4n) is 4.24. The Bertz CT molecular complexity index is 935. The number of alkyl halides is 3. The predicted octanol–water partition coefficient (Wildman–Crippen LogP) is 4.10. The zero-order chi connectivity index (χ0) is 24.7. The second kappa shape index (κ2) is 11.9. The molecule has 2 fully saturated rings. The van der Waals surface area contributed by atoms with Crippen molar-refractivity contribution in [3.05, 3.63) is 64.7 Å². The molecule has 2 aliphatic heterocycles. The zero-order valence-corrected chi connectivity index (χ0v) is 19.3. The highest BCUT2D eigenvalue weighted by Crippen LogP contribution is 2.31. The largest absolute Gasteiger partial charge is 0.490 e. The van der Waals surface area contributed by atoms with Crippen LogP contribution in [0.15, 0.2) is 48.5 Å². The van der Waals surface area contributed by atoms with Crippen LogP contribution in [0, 0.1) is 0 Å². The first kappa shape index (κ1) is 26.3. The molecular formula is C24H29ClF3N3O3. The summed E-state index contributed by atoms with van der Waals surface area (Å²) in [4.78, 5) is 11.4. The highest BCUT2D eigenvalue weighted by Gasteiger charge is 2.38. The Labute approximate surface area is 201 Å². The molecule has 0 spiro atoms.